The number of H-pyrrole nitrogens is 1. The highest BCUT2D eigenvalue weighted by atomic mass is 35.5. The van der Waals surface area contributed by atoms with Crippen LogP contribution in [0.15, 0.2) is 29.1 Å². The molecule has 0 atom stereocenters. The lowest BCUT2D eigenvalue weighted by molar-refractivity contribution is 0.0605. The first-order valence-electron chi connectivity index (χ1n) is 8.41. The first kappa shape index (κ1) is 19.3. The number of thiophene rings is 1. The fourth-order valence-electron chi connectivity index (χ4n) is 2.74. The third-order valence-corrected chi connectivity index (χ3v) is 5.75. The van der Waals surface area contributed by atoms with Crippen LogP contribution in [-0.2, 0) is 4.74 Å². The molecule has 140 valence electrons. The molecule has 1 N–H and O–H groups in total. The maximum absolute atomic E-state index is 12.5. The van der Waals surface area contributed by atoms with Crippen molar-refractivity contribution in [2.45, 2.75) is 26.7 Å². The van der Waals surface area contributed by atoms with Crippen LogP contribution in [-0.4, -0.2) is 23.0 Å². The summed E-state index contributed by atoms with van der Waals surface area (Å²) in [6, 6.07) is 8.04. The number of methoxy groups -OCH3 is 1. The molecule has 2 aromatic heterocycles. The highest BCUT2D eigenvalue weighted by molar-refractivity contribution is 7.20. The number of ether oxygens (including phenoxy) is 1. The molecule has 5 nitrogen and oxygen atoms in total. The highest BCUT2D eigenvalue weighted by Gasteiger charge is 2.20. The Kier molecular flexibility index (Phi) is 5.48. The van der Waals surface area contributed by atoms with E-state index in [1.165, 1.54) is 12.7 Å². The van der Waals surface area contributed by atoms with Gasteiger partial charge in [-0.05, 0) is 35.6 Å². The van der Waals surface area contributed by atoms with Crippen molar-refractivity contribution in [3.8, 4) is 0 Å². The van der Waals surface area contributed by atoms with Crippen molar-refractivity contribution in [1.29, 1.82) is 0 Å². The number of aryl methyl sites for hydroxylation is 1. The minimum absolute atomic E-state index is 0.264. The van der Waals surface area contributed by atoms with E-state index < -0.39 is 5.97 Å². The molecule has 0 spiro atoms. The lowest BCUT2D eigenvalue weighted by atomic mass is 10.0. The highest BCUT2D eigenvalue weighted by Crippen LogP contribution is 2.29. The minimum Gasteiger partial charge on any atom is -0.465 e. The quantitative estimate of drug-likeness (QED) is 0.627. The topological polar surface area (TPSA) is 72.0 Å². The number of carbonyl (C=O) groups excluding carboxylic acids is 1. The third-order valence-electron chi connectivity index (χ3n) is 4.29. The molecule has 7 heteroatoms. The van der Waals surface area contributed by atoms with Crippen molar-refractivity contribution in [2.75, 3.05) is 7.11 Å². The van der Waals surface area contributed by atoms with Crippen LogP contribution >= 0.6 is 22.9 Å². The van der Waals surface area contributed by atoms with Crippen LogP contribution in [0.2, 0.25) is 0 Å². The van der Waals surface area contributed by atoms with Gasteiger partial charge in [-0.2, -0.15) is 0 Å². The van der Waals surface area contributed by atoms with Gasteiger partial charge in [-0.3, -0.25) is 4.79 Å². The van der Waals surface area contributed by atoms with Gasteiger partial charge in [-0.25, -0.2) is 9.78 Å². The van der Waals surface area contributed by atoms with E-state index >= 15 is 0 Å². The van der Waals surface area contributed by atoms with Crippen LogP contribution in [0.1, 0.15) is 52.0 Å². The van der Waals surface area contributed by atoms with E-state index in [-0.39, 0.29) is 11.4 Å². The number of fused-ring (bicyclic) bond motifs is 1. The van der Waals surface area contributed by atoms with Gasteiger partial charge in [0.15, 0.2) is 5.82 Å². The average molecular weight is 403 g/mol. The second-order valence-electron chi connectivity index (χ2n) is 6.46. The first-order chi connectivity index (χ1) is 12.8. The molecular formula is C20H19ClN2O3S. The van der Waals surface area contributed by atoms with Crippen molar-refractivity contribution >= 4 is 50.2 Å². The predicted molar refractivity (Wildman–Crippen MR) is 111 cm³/mol. The number of esters is 1. The molecule has 0 fully saturated rings. The second kappa shape index (κ2) is 7.66. The Hall–Kier alpha value is -2.44. The number of hydrogen-bond donors (Lipinski definition) is 1. The van der Waals surface area contributed by atoms with Gasteiger partial charge in [-0.15, -0.1) is 11.3 Å². The van der Waals surface area contributed by atoms with Crippen LogP contribution in [0.5, 0.6) is 0 Å². The largest absolute Gasteiger partial charge is 0.465 e. The van der Waals surface area contributed by atoms with E-state index in [4.69, 9.17) is 16.3 Å². The van der Waals surface area contributed by atoms with Crippen molar-refractivity contribution in [2.24, 2.45) is 0 Å². The lowest BCUT2D eigenvalue weighted by Crippen LogP contribution is -2.10. The Morgan fingerprint density at radius 2 is 1.96 bits per heavy atom. The molecule has 0 amide bonds. The van der Waals surface area contributed by atoms with Gasteiger partial charge < -0.3 is 9.72 Å². The SMILES string of the molecule is COC(=O)c1sc2nc(/C(Cl)=C/c3ccc(C(C)C)cc3)[nH]c(=O)c2c1C. The van der Waals surface area contributed by atoms with E-state index in [1.807, 2.05) is 24.3 Å². The zero-order valence-electron chi connectivity index (χ0n) is 15.4. The summed E-state index contributed by atoms with van der Waals surface area (Å²) in [5, 5.41) is 0.701. The molecule has 0 saturated carbocycles. The number of aromatic amines is 1. The summed E-state index contributed by atoms with van der Waals surface area (Å²) in [5.41, 5.74) is 2.37. The molecular weight excluding hydrogens is 384 g/mol. The number of nitrogens with one attached hydrogen (secondary N) is 1. The fraction of sp³-hybridized carbons (Fsp3) is 0.250. The monoisotopic (exact) mass is 402 g/mol. The van der Waals surface area contributed by atoms with Gasteiger partial charge in [0.25, 0.3) is 5.56 Å². The molecule has 0 bridgehead atoms. The predicted octanol–water partition coefficient (Wildman–Crippen LogP) is 4.94. The number of aromatic nitrogens is 2. The number of hydrogen-bond acceptors (Lipinski definition) is 5. The van der Waals surface area contributed by atoms with Gasteiger partial charge in [0, 0.05) is 0 Å². The van der Waals surface area contributed by atoms with E-state index in [0.717, 1.165) is 16.9 Å². The summed E-state index contributed by atoms with van der Waals surface area (Å²) in [6.45, 7) is 5.97. The Morgan fingerprint density at radius 1 is 1.30 bits per heavy atom. The van der Waals surface area contributed by atoms with Crippen LogP contribution in [0.3, 0.4) is 0 Å². The minimum atomic E-state index is -0.483. The zero-order chi connectivity index (χ0) is 19.7. The van der Waals surface area contributed by atoms with Gasteiger partial charge in [0.2, 0.25) is 0 Å². The van der Waals surface area contributed by atoms with Gasteiger partial charge in [-0.1, -0.05) is 49.7 Å². The molecule has 27 heavy (non-hydrogen) atoms. The van der Waals surface area contributed by atoms with E-state index in [9.17, 15) is 9.59 Å². The van der Waals surface area contributed by atoms with Crippen molar-refractivity contribution < 1.29 is 9.53 Å². The summed E-state index contributed by atoms with van der Waals surface area (Å²) >= 11 is 7.52. The van der Waals surface area contributed by atoms with Crippen molar-refractivity contribution in [3.05, 3.63) is 62.0 Å². The van der Waals surface area contributed by atoms with E-state index in [2.05, 4.69) is 23.8 Å². The second-order valence-corrected chi connectivity index (χ2v) is 7.86. The standard InChI is InChI=1S/C20H19ClN2O3S/c1-10(2)13-7-5-12(6-8-13)9-14(21)17-22-18(24)15-11(3)16(20(25)26-4)27-19(15)23-17/h5-10H,1-4H3,(H,22,23,24)/b14-9-. The average Bonchev–Trinajstić information content (AvgIpc) is 2.98. The maximum atomic E-state index is 12.5. The molecule has 0 unspecified atom stereocenters. The number of carbonyl (C=O) groups is 1. The molecule has 0 aliphatic heterocycles. The van der Waals surface area contributed by atoms with Crippen LogP contribution in [0, 0.1) is 6.92 Å². The van der Waals surface area contributed by atoms with E-state index in [1.54, 1.807) is 13.0 Å². The molecule has 0 aliphatic carbocycles. The Bertz CT molecular complexity index is 1090. The van der Waals surface area contributed by atoms with E-state index in [0.29, 0.717) is 31.6 Å². The fourth-order valence-corrected chi connectivity index (χ4v) is 4.05. The Balaban J connectivity index is 2.03. The van der Waals surface area contributed by atoms with Crippen LogP contribution in [0.25, 0.3) is 21.3 Å². The van der Waals surface area contributed by atoms with Crippen molar-refractivity contribution in [1.82, 2.24) is 9.97 Å². The summed E-state index contributed by atoms with van der Waals surface area (Å²) in [4.78, 5) is 32.3. The first-order valence-corrected chi connectivity index (χ1v) is 9.60. The number of nitrogens with zero attached hydrogens (tertiary/aromatic N) is 1. The van der Waals surface area contributed by atoms with Crippen LogP contribution in [0.4, 0.5) is 0 Å². The van der Waals surface area contributed by atoms with Gasteiger partial charge in [0.1, 0.15) is 9.71 Å². The molecule has 2 heterocycles. The normalized spacial score (nSPS) is 12.0. The summed E-state index contributed by atoms with van der Waals surface area (Å²) in [6.07, 6.45) is 1.75. The molecule has 3 rings (SSSR count). The van der Waals surface area contributed by atoms with Gasteiger partial charge in [0.05, 0.1) is 17.5 Å². The molecule has 1 aromatic carbocycles. The van der Waals surface area contributed by atoms with Gasteiger partial charge >= 0.3 is 5.97 Å². The number of rotatable bonds is 4. The number of halogens is 1. The smallest absolute Gasteiger partial charge is 0.348 e. The maximum Gasteiger partial charge on any atom is 0.348 e. The Morgan fingerprint density at radius 3 is 2.56 bits per heavy atom. The molecule has 0 aliphatic rings. The summed E-state index contributed by atoms with van der Waals surface area (Å²) in [5.74, 6) is 0.230. The summed E-state index contributed by atoms with van der Waals surface area (Å²) < 4.78 is 4.76. The molecule has 0 saturated heterocycles. The third kappa shape index (κ3) is 3.82. The lowest BCUT2D eigenvalue weighted by Gasteiger charge is -2.05. The Labute approximate surface area is 165 Å². The zero-order valence-corrected chi connectivity index (χ0v) is 17.0. The van der Waals surface area contributed by atoms with Crippen molar-refractivity contribution in [3.63, 3.8) is 0 Å². The summed E-state index contributed by atoms with van der Waals surface area (Å²) in [7, 11) is 1.30. The molecule has 0 radical (unpaired) electrons. The van der Waals surface area contributed by atoms with Crippen LogP contribution < -0.4 is 5.56 Å². The molecule has 3 aromatic rings. The number of benzene rings is 1.